The summed E-state index contributed by atoms with van der Waals surface area (Å²) in [6.07, 6.45) is 2.65. The Morgan fingerprint density at radius 1 is 1.23 bits per heavy atom. The largest absolute Gasteiger partial charge is 0.486 e. The van der Waals surface area contributed by atoms with Gasteiger partial charge in [0.25, 0.3) is 5.69 Å². The SMILES string of the molecule is O=C(O)C(O)(NS(=O)(=O)c1ccc([N+](=O)[O-])cc1)Oc1cccc2c1OC1CCCC21. The predicted octanol–water partition coefficient (Wildman–Crippen LogP) is 1.71. The van der Waals surface area contributed by atoms with Crippen LogP contribution < -0.4 is 14.2 Å². The molecular weight excluding hydrogens is 432 g/mol. The Bertz CT molecular complexity index is 1150. The van der Waals surface area contributed by atoms with E-state index in [0.29, 0.717) is 0 Å². The lowest BCUT2D eigenvalue weighted by molar-refractivity contribution is -0.384. The third kappa shape index (κ3) is 3.80. The molecule has 164 valence electrons. The van der Waals surface area contributed by atoms with Gasteiger partial charge >= 0.3 is 11.9 Å². The fourth-order valence-corrected chi connectivity index (χ4v) is 4.97. The van der Waals surface area contributed by atoms with E-state index in [2.05, 4.69) is 0 Å². The molecule has 2 aliphatic rings. The molecule has 4 rings (SSSR count). The van der Waals surface area contributed by atoms with Crippen molar-refractivity contribution in [1.29, 1.82) is 0 Å². The zero-order valence-electron chi connectivity index (χ0n) is 15.9. The molecule has 0 spiro atoms. The van der Waals surface area contributed by atoms with Crippen LogP contribution in [0, 0.1) is 10.1 Å². The molecule has 1 heterocycles. The van der Waals surface area contributed by atoms with Gasteiger partial charge in [-0.2, -0.15) is 0 Å². The normalized spacial score (nSPS) is 21.5. The molecule has 1 aliphatic heterocycles. The Labute approximate surface area is 176 Å². The Morgan fingerprint density at radius 3 is 2.58 bits per heavy atom. The quantitative estimate of drug-likeness (QED) is 0.323. The number of carboxylic acid groups (broad SMARTS) is 1. The molecule has 0 aromatic heterocycles. The first-order valence-corrected chi connectivity index (χ1v) is 10.8. The van der Waals surface area contributed by atoms with E-state index in [9.17, 15) is 33.5 Å². The number of hydrogen-bond donors (Lipinski definition) is 3. The van der Waals surface area contributed by atoms with Gasteiger partial charge in [0, 0.05) is 23.6 Å². The van der Waals surface area contributed by atoms with Gasteiger partial charge in [-0.15, -0.1) is 4.72 Å². The number of ether oxygens (including phenoxy) is 2. The molecule has 1 saturated carbocycles. The minimum atomic E-state index is -4.62. The van der Waals surface area contributed by atoms with Gasteiger partial charge in [-0.3, -0.25) is 10.1 Å². The topological polar surface area (TPSA) is 165 Å². The van der Waals surface area contributed by atoms with Crippen LogP contribution >= 0.6 is 0 Å². The Kier molecular flexibility index (Phi) is 5.07. The smallest absolute Gasteiger partial charge is 0.395 e. The van der Waals surface area contributed by atoms with E-state index >= 15 is 0 Å². The number of fused-ring (bicyclic) bond motifs is 3. The Morgan fingerprint density at radius 2 is 1.94 bits per heavy atom. The van der Waals surface area contributed by atoms with Crippen molar-refractivity contribution in [3.8, 4) is 11.5 Å². The number of benzene rings is 2. The molecule has 0 bridgehead atoms. The molecule has 11 nitrogen and oxygen atoms in total. The first kappa shape index (κ1) is 21.0. The van der Waals surface area contributed by atoms with E-state index in [-0.39, 0.29) is 29.2 Å². The lowest BCUT2D eigenvalue weighted by Gasteiger charge is -2.26. The number of hydrogen-bond acceptors (Lipinski definition) is 8. The van der Waals surface area contributed by atoms with Gasteiger partial charge in [0.1, 0.15) is 6.10 Å². The van der Waals surface area contributed by atoms with Gasteiger partial charge in [0.15, 0.2) is 11.5 Å². The standard InChI is InChI=1S/C19H18N2O9S/c22-18(23)19(24,20-31(27,28)12-9-7-11(8-10-12)21(25)26)30-16-6-2-4-14-13-3-1-5-15(13)29-17(14)16/h2,4,6-10,13,15,20,24H,1,3,5H2,(H,22,23). The van der Waals surface area contributed by atoms with Crippen LogP contribution in [-0.2, 0) is 14.8 Å². The maximum absolute atomic E-state index is 12.6. The van der Waals surface area contributed by atoms with Crippen LogP contribution in [0.3, 0.4) is 0 Å². The molecule has 3 N–H and O–H groups in total. The Balaban J connectivity index is 1.62. The highest BCUT2D eigenvalue weighted by Gasteiger charge is 2.46. The number of sulfonamides is 1. The lowest BCUT2D eigenvalue weighted by Crippen LogP contribution is -2.58. The molecule has 12 heteroatoms. The molecule has 31 heavy (non-hydrogen) atoms. The summed E-state index contributed by atoms with van der Waals surface area (Å²) >= 11 is 0. The van der Waals surface area contributed by atoms with Crippen LogP contribution in [0.4, 0.5) is 5.69 Å². The predicted molar refractivity (Wildman–Crippen MR) is 104 cm³/mol. The summed E-state index contributed by atoms with van der Waals surface area (Å²) in [7, 11) is -4.62. The second kappa shape index (κ2) is 7.48. The summed E-state index contributed by atoms with van der Waals surface area (Å²) < 4.78 is 37.9. The monoisotopic (exact) mass is 450 g/mol. The van der Waals surface area contributed by atoms with Crippen molar-refractivity contribution in [2.45, 2.75) is 42.1 Å². The second-order valence-corrected chi connectivity index (χ2v) is 8.96. The van der Waals surface area contributed by atoms with Crippen molar-refractivity contribution in [2.24, 2.45) is 0 Å². The van der Waals surface area contributed by atoms with Crippen LogP contribution in [-0.4, -0.2) is 41.5 Å². The number of nitrogens with zero attached hydrogens (tertiary/aromatic N) is 1. The minimum Gasteiger partial charge on any atom is -0.486 e. The number of non-ortho nitro benzene ring substituents is 1. The van der Waals surface area contributed by atoms with Crippen LogP contribution in [0.1, 0.15) is 30.7 Å². The van der Waals surface area contributed by atoms with Gasteiger partial charge in [0.05, 0.1) is 9.82 Å². The van der Waals surface area contributed by atoms with Crippen molar-refractivity contribution in [1.82, 2.24) is 4.72 Å². The molecular formula is C19H18N2O9S. The van der Waals surface area contributed by atoms with E-state index in [4.69, 9.17) is 9.47 Å². The van der Waals surface area contributed by atoms with Gasteiger partial charge in [0.2, 0.25) is 10.0 Å². The van der Waals surface area contributed by atoms with Crippen LogP contribution in [0.2, 0.25) is 0 Å². The van der Waals surface area contributed by atoms with Gasteiger partial charge in [-0.05, 0) is 37.5 Å². The molecule has 2 aromatic carbocycles. The van der Waals surface area contributed by atoms with Gasteiger partial charge in [-0.1, -0.05) is 12.1 Å². The van der Waals surface area contributed by atoms with Crippen molar-refractivity contribution < 1.29 is 37.8 Å². The van der Waals surface area contributed by atoms with Crippen molar-refractivity contribution in [3.63, 3.8) is 0 Å². The summed E-state index contributed by atoms with van der Waals surface area (Å²) in [6.45, 7) is 0. The van der Waals surface area contributed by atoms with E-state index < -0.39 is 31.7 Å². The van der Waals surface area contributed by atoms with Gasteiger partial charge in [-0.25, -0.2) is 13.2 Å². The highest BCUT2D eigenvalue weighted by atomic mass is 32.2. The average molecular weight is 450 g/mol. The number of para-hydroxylation sites is 1. The van der Waals surface area contributed by atoms with Crippen molar-refractivity contribution >= 4 is 21.7 Å². The van der Waals surface area contributed by atoms with Crippen LogP contribution in [0.15, 0.2) is 47.4 Å². The summed E-state index contributed by atoms with van der Waals surface area (Å²) in [5.74, 6) is -5.08. The van der Waals surface area contributed by atoms with E-state index in [0.717, 1.165) is 49.1 Å². The maximum atomic E-state index is 12.6. The van der Waals surface area contributed by atoms with E-state index in [1.54, 1.807) is 10.8 Å². The maximum Gasteiger partial charge on any atom is 0.395 e. The first-order valence-electron chi connectivity index (χ1n) is 9.33. The number of aliphatic hydroxyl groups is 1. The summed E-state index contributed by atoms with van der Waals surface area (Å²) in [4.78, 5) is 21.3. The molecule has 3 atom stereocenters. The molecule has 0 radical (unpaired) electrons. The molecule has 0 saturated heterocycles. The fraction of sp³-hybridized carbons (Fsp3) is 0.316. The van der Waals surface area contributed by atoms with Crippen LogP contribution in [0.5, 0.6) is 11.5 Å². The van der Waals surface area contributed by atoms with E-state index in [1.165, 1.54) is 6.07 Å². The minimum absolute atomic E-state index is 0.0746. The number of nitrogens with one attached hydrogen (secondary N) is 1. The molecule has 1 aliphatic carbocycles. The second-order valence-electron chi connectivity index (χ2n) is 7.28. The van der Waals surface area contributed by atoms with Crippen molar-refractivity contribution in [2.75, 3.05) is 0 Å². The number of carboxylic acids is 1. The number of nitro benzene ring substituents is 1. The zero-order chi connectivity index (χ0) is 22.4. The third-order valence-corrected chi connectivity index (χ3v) is 6.75. The first-order chi connectivity index (χ1) is 14.6. The number of carbonyl (C=O) groups is 1. The van der Waals surface area contributed by atoms with Crippen molar-refractivity contribution in [3.05, 3.63) is 58.1 Å². The molecule has 2 aromatic rings. The van der Waals surface area contributed by atoms with Gasteiger partial charge < -0.3 is 19.7 Å². The molecule has 1 fully saturated rings. The number of aliphatic carboxylic acids is 1. The highest BCUT2D eigenvalue weighted by Crippen LogP contribution is 2.51. The average Bonchev–Trinajstić information content (AvgIpc) is 3.30. The number of rotatable bonds is 7. The van der Waals surface area contributed by atoms with E-state index in [1.807, 2.05) is 6.07 Å². The molecule has 0 amide bonds. The fourth-order valence-electron chi connectivity index (χ4n) is 3.86. The highest BCUT2D eigenvalue weighted by molar-refractivity contribution is 7.89. The third-order valence-electron chi connectivity index (χ3n) is 5.31. The lowest BCUT2D eigenvalue weighted by atomic mass is 9.97. The summed E-state index contributed by atoms with van der Waals surface area (Å²) in [5, 5.41) is 30.8. The summed E-state index contributed by atoms with van der Waals surface area (Å²) in [6, 6.07) is 8.48. The molecule has 3 unspecified atom stereocenters. The Hall–Kier alpha value is -3.22. The van der Waals surface area contributed by atoms with Crippen LogP contribution in [0.25, 0.3) is 0 Å². The zero-order valence-corrected chi connectivity index (χ0v) is 16.7. The number of nitro groups is 1. The summed E-state index contributed by atoms with van der Waals surface area (Å²) in [5.41, 5.74) is 0.456.